The van der Waals surface area contributed by atoms with Crippen LogP contribution in [0.1, 0.15) is 0 Å². The Bertz CT molecular complexity index is 2050. The number of hydrogen-bond acceptors (Lipinski definition) is 6. The van der Waals surface area contributed by atoms with Crippen molar-refractivity contribution in [2.24, 2.45) is 0 Å². The van der Waals surface area contributed by atoms with Crippen LogP contribution in [0.15, 0.2) is 103 Å². The number of nitriles is 3. The van der Waals surface area contributed by atoms with Crippen LogP contribution in [0.2, 0.25) is 0 Å². The minimum absolute atomic E-state index is 0.413. The largest absolute Gasteiger partial charge is 0.388 e. The van der Waals surface area contributed by atoms with Crippen molar-refractivity contribution in [2.75, 3.05) is 0 Å². The minimum atomic E-state index is 0.413. The predicted molar refractivity (Wildman–Crippen MR) is 149 cm³/mol. The van der Waals surface area contributed by atoms with E-state index in [9.17, 15) is 10.5 Å². The van der Waals surface area contributed by atoms with Crippen LogP contribution < -0.4 is 14.2 Å². The van der Waals surface area contributed by atoms with Gasteiger partial charge in [0.05, 0.1) is 0 Å². The molecule has 0 saturated carbocycles. The van der Waals surface area contributed by atoms with E-state index in [4.69, 9.17) is 19.5 Å². The third-order valence-electron chi connectivity index (χ3n) is 6.77. The molecule has 0 radical (unpaired) electrons. The van der Waals surface area contributed by atoms with Crippen LogP contribution in [0.3, 0.4) is 0 Å². The maximum Gasteiger partial charge on any atom is 0.292 e. The Balaban J connectivity index is 1.70. The summed E-state index contributed by atoms with van der Waals surface area (Å²) < 4.78 is 15.9. The topological polar surface area (TPSA) is 99.1 Å². The van der Waals surface area contributed by atoms with Gasteiger partial charge in [-0.15, -0.1) is 15.8 Å². The van der Waals surface area contributed by atoms with Crippen molar-refractivity contribution < 1.29 is 14.2 Å². The predicted octanol–water partition coefficient (Wildman–Crippen LogP) is 8.06. The number of rotatable bonds is 5. The van der Waals surface area contributed by atoms with Gasteiger partial charge in [0.25, 0.3) is 18.8 Å². The molecule has 182 valence electrons. The van der Waals surface area contributed by atoms with Crippen molar-refractivity contribution in [2.45, 2.75) is 0 Å². The quantitative estimate of drug-likeness (QED) is 0.221. The van der Waals surface area contributed by atoms with Crippen LogP contribution in [0.25, 0.3) is 54.6 Å². The van der Waals surface area contributed by atoms with Crippen molar-refractivity contribution in [3.8, 4) is 58.3 Å². The third-order valence-corrected chi connectivity index (χ3v) is 6.77. The van der Waals surface area contributed by atoms with Gasteiger partial charge in [0.1, 0.15) is 11.5 Å². The number of ether oxygens (including phenoxy) is 3. The molecule has 6 aromatic rings. The normalized spacial score (nSPS) is 10.5. The minimum Gasteiger partial charge on any atom is -0.388 e. The fourth-order valence-electron chi connectivity index (χ4n) is 5.24. The molecule has 0 fully saturated rings. The molecule has 0 aliphatic heterocycles. The summed E-state index contributed by atoms with van der Waals surface area (Å²) in [7, 11) is 0. The van der Waals surface area contributed by atoms with E-state index in [2.05, 4.69) is 0 Å². The highest BCUT2D eigenvalue weighted by atomic mass is 16.5. The first-order valence-corrected chi connectivity index (χ1v) is 12.0. The van der Waals surface area contributed by atoms with Crippen molar-refractivity contribution in [3.63, 3.8) is 0 Å². The molecule has 6 rings (SSSR count). The number of nitrogens with zero attached hydrogens (tertiary/aromatic N) is 3. The SMILES string of the molecule is N#COc1cc(-c2ccc(-c3cccc4c(OC#N)cccc34)c3cccc(OC#N)c23)c2ccccc2c1. The van der Waals surface area contributed by atoms with E-state index in [1.165, 1.54) is 0 Å². The van der Waals surface area contributed by atoms with Gasteiger partial charge >= 0.3 is 0 Å². The zero-order valence-corrected chi connectivity index (χ0v) is 20.4. The average molecular weight is 504 g/mol. The second kappa shape index (κ2) is 9.79. The van der Waals surface area contributed by atoms with E-state index in [1.54, 1.807) is 24.6 Å². The molecular weight excluding hydrogens is 486 g/mol. The molecule has 0 aromatic heterocycles. The Labute approximate surface area is 223 Å². The fourth-order valence-corrected chi connectivity index (χ4v) is 5.24. The molecule has 0 unspecified atom stereocenters. The van der Waals surface area contributed by atoms with Gasteiger partial charge in [-0.25, -0.2) is 0 Å². The zero-order chi connectivity index (χ0) is 26.8. The van der Waals surface area contributed by atoms with Gasteiger partial charge in [-0.2, -0.15) is 0 Å². The lowest BCUT2D eigenvalue weighted by atomic mass is 9.88. The van der Waals surface area contributed by atoms with Gasteiger partial charge in [-0.05, 0) is 68.1 Å². The molecule has 0 aliphatic rings. The molecule has 0 amide bonds. The van der Waals surface area contributed by atoms with Gasteiger partial charge in [0, 0.05) is 10.8 Å². The van der Waals surface area contributed by atoms with Crippen molar-refractivity contribution in [3.05, 3.63) is 103 Å². The van der Waals surface area contributed by atoms with Crippen LogP contribution in [0.4, 0.5) is 0 Å². The third kappa shape index (κ3) is 3.98. The second-order valence-corrected chi connectivity index (χ2v) is 8.77. The Hall–Kier alpha value is -6.03. The van der Waals surface area contributed by atoms with Crippen molar-refractivity contribution >= 4 is 32.3 Å². The molecule has 6 heteroatoms. The molecule has 6 nitrogen and oxygen atoms in total. The van der Waals surface area contributed by atoms with E-state index >= 15 is 0 Å². The van der Waals surface area contributed by atoms with Crippen LogP contribution in [0, 0.1) is 34.6 Å². The first kappa shape index (κ1) is 23.4. The lowest BCUT2D eigenvalue weighted by molar-refractivity contribution is 0.508. The summed E-state index contributed by atoms with van der Waals surface area (Å²) >= 11 is 0. The second-order valence-electron chi connectivity index (χ2n) is 8.77. The standard InChI is InChI=1S/C33H17N3O3/c34-18-37-22-16-21-6-1-2-7-23(21)30(17-22)29-15-14-26(28-11-5-13-32(33(28)29)39-20-36)24-8-3-10-27-25(24)9-4-12-31(27)38-19-35/h1-17H. The number of hydrogen-bond donors (Lipinski definition) is 0. The summed E-state index contributed by atoms with van der Waals surface area (Å²) in [6.45, 7) is 0. The Morgan fingerprint density at radius 2 is 1.05 bits per heavy atom. The first-order valence-electron chi connectivity index (χ1n) is 12.0. The highest BCUT2D eigenvalue weighted by molar-refractivity contribution is 6.14. The maximum atomic E-state index is 9.47. The highest BCUT2D eigenvalue weighted by Crippen LogP contribution is 2.45. The van der Waals surface area contributed by atoms with E-state index in [1.807, 2.05) is 97.3 Å². The highest BCUT2D eigenvalue weighted by Gasteiger charge is 2.18. The molecular formula is C33H17N3O3. The summed E-state index contributed by atoms with van der Waals surface area (Å²) in [5.74, 6) is 1.31. The summed E-state index contributed by atoms with van der Waals surface area (Å²) in [6.07, 6.45) is 5.34. The summed E-state index contributed by atoms with van der Waals surface area (Å²) in [5.41, 5.74) is 3.53. The van der Waals surface area contributed by atoms with Crippen LogP contribution in [-0.4, -0.2) is 0 Å². The van der Waals surface area contributed by atoms with Crippen molar-refractivity contribution in [1.82, 2.24) is 0 Å². The van der Waals surface area contributed by atoms with Gasteiger partial charge < -0.3 is 14.2 Å². The molecule has 39 heavy (non-hydrogen) atoms. The average Bonchev–Trinajstić information content (AvgIpc) is 2.97. The number of fused-ring (bicyclic) bond motifs is 3. The van der Waals surface area contributed by atoms with E-state index < -0.39 is 0 Å². The van der Waals surface area contributed by atoms with E-state index in [0.29, 0.717) is 17.2 Å². The van der Waals surface area contributed by atoms with Gasteiger partial charge in [-0.3, -0.25) is 0 Å². The van der Waals surface area contributed by atoms with Crippen LogP contribution in [0.5, 0.6) is 17.2 Å². The molecule has 0 N–H and O–H groups in total. The lowest BCUT2D eigenvalue weighted by Crippen LogP contribution is -1.93. The molecule has 0 saturated heterocycles. The fraction of sp³-hybridized carbons (Fsp3) is 0. The summed E-state index contributed by atoms with van der Waals surface area (Å²) in [5, 5.41) is 33.0. The lowest BCUT2D eigenvalue weighted by Gasteiger charge is -2.17. The van der Waals surface area contributed by atoms with Gasteiger partial charge in [-0.1, -0.05) is 78.9 Å². The monoisotopic (exact) mass is 503 g/mol. The van der Waals surface area contributed by atoms with Crippen LogP contribution >= 0.6 is 0 Å². The first-order chi connectivity index (χ1) is 19.2. The number of benzene rings is 6. The molecule has 0 spiro atoms. The Morgan fingerprint density at radius 1 is 0.436 bits per heavy atom. The molecule has 0 heterocycles. The molecule has 0 aliphatic carbocycles. The molecule has 0 atom stereocenters. The maximum absolute atomic E-state index is 9.47. The van der Waals surface area contributed by atoms with E-state index in [-0.39, 0.29) is 0 Å². The summed E-state index contributed by atoms with van der Waals surface area (Å²) in [4.78, 5) is 0. The van der Waals surface area contributed by atoms with Gasteiger partial charge in [0.2, 0.25) is 0 Å². The van der Waals surface area contributed by atoms with Crippen LogP contribution in [-0.2, 0) is 0 Å². The van der Waals surface area contributed by atoms with E-state index in [0.717, 1.165) is 54.6 Å². The zero-order valence-electron chi connectivity index (χ0n) is 20.4. The Morgan fingerprint density at radius 3 is 1.87 bits per heavy atom. The molecule has 0 bridgehead atoms. The summed E-state index contributed by atoms with van der Waals surface area (Å²) in [6, 6.07) is 32.6. The smallest absolute Gasteiger partial charge is 0.292 e. The Kier molecular flexibility index (Phi) is 5.87. The van der Waals surface area contributed by atoms with Crippen molar-refractivity contribution in [1.29, 1.82) is 15.8 Å². The van der Waals surface area contributed by atoms with Gasteiger partial charge in [0.15, 0.2) is 5.75 Å². The molecule has 6 aromatic carbocycles.